The van der Waals surface area contributed by atoms with E-state index >= 15 is 0 Å². The molecular weight excluding hydrogens is 296 g/mol. The second-order valence-corrected chi connectivity index (χ2v) is 4.74. The molecule has 5 heteroatoms. The monoisotopic (exact) mass is 314 g/mol. The third-order valence-electron chi connectivity index (χ3n) is 3.35. The highest BCUT2D eigenvalue weighted by molar-refractivity contribution is 6.00. The second kappa shape index (κ2) is 8.54. The first-order valence-electron chi connectivity index (χ1n) is 6.86. The van der Waals surface area contributed by atoms with Gasteiger partial charge in [-0.3, -0.25) is 14.4 Å². The average Bonchev–Trinajstić information content (AvgIpc) is 2.59. The van der Waals surface area contributed by atoms with Crippen LogP contribution in [-0.2, 0) is 19.1 Å². The molecule has 0 atom stereocenters. The molecule has 1 aromatic rings. The van der Waals surface area contributed by atoms with Crippen molar-refractivity contribution in [3.8, 4) is 11.8 Å². The number of hydrogen-bond donors (Lipinski definition) is 0. The molecule has 0 unspecified atom stereocenters. The van der Waals surface area contributed by atoms with Crippen LogP contribution in [0.5, 0.6) is 0 Å². The molecular formula is C18H18O5. The predicted molar refractivity (Wildman–Crippen MR) is 84.6 cm³/mol. The standard InChI is InChI=1S/C18H18O5/c1-4-11-18(16(20)22-2,17(21)23-3)12-7-10-14-8-5-6-9-15(14)13-19/h4-6,8-9,13H,1,11-12H2,2-3H3. The Morgan fingerprint density at radius 1 is 1.22 bits per heavy atom. The molecule has 0 aromatic heterocycles. The molecule has 0 amide bonds. The SMILES string of the molecule is C=CCC(CC#Cc1ccccc1C=O)(C(=O)OC)C(=O)OC. The summed E-state index contributed by atoms with van der Waals surface area (Å²) in [5.74, 6) is 4.11. The van der Waals surface area contributed by atoms with Crippen molar-refractivity contribution in [3.05, 3.63) is 48.0 Å². The third kappa shape index (κ3) is 4.07. The Balaban J connectivity index is 3.19. The van der Waals surface area contributed by atoms with Crippen LogP contribution in [0.2, 0.25) is 0 Å². The Kier molecular flexibility index (Phi) is 6.75. The number of methoxy groups -OCH3 is 2. The Hall–Kier alpha value is -2.87. The first kappa shape index (κ1) is 18.2. The molecule has 120 valence electrons. The maximum Gasteiger partial charge on any atom is 0.324 e. The Morgan fingerprint density at radius 2 is 1.83 bits per heavy atom. The lowest BCUT2D eigenvalue weighted by Crippen LogP contribution is -2.40. The molecule has 5 nitrogen and oxygen atoms in total. The van der Waals surface area contributed by atoms with E-state index in [9.17, 15) is 14.4 Å². The van der Waals surface area contributed by atoms with Crippen LogP contribution in [0.1, 0.15) is 28.8 Å². The number of allylic oxidation sites excluding steroid dienone is 1. The third-order valence-corrected chi connectivity index (χ3v) is 3.35. The molecule has 0 bridgehead atoms. The number of benzene rings is 1. The topological polar surface area (TPSA) is 69.7 Å². The van der Waals surface area contributed by atoms with Crippen LogP contribution in [-0.4, -0.2) is 32.4 Å². The summed E-state index contributed by atoms with van der Waals surface area (Å²) < 4.78 is 9.45. The van der Waals surface area contributed by atoms with Gasteiger partial charge >= 0.3 is 11.9 Å². The Bertz CT molecular complexity index is 647. The van der Waals surface area contributed by atoms with Crippen molar-refractivity contribution in [1.29, 1.82) is 0 Å². The van der Waals surface area contributed by atoms with E-state index in [0.717, 1.165) is 0 Å². The van der Waals surface area contributed by atoms with Crippen LogP contribution in [0.25, 0.3) is 0 Å². The summed E-state index contributed by atoms with van der Waals surface area (Å²) in [5, 5.41) is 0. The Morgan fingerprint density at radius 3 is 2.35 bits per heavy atom. The lowest BCUT2D eigenvalue weighted by atomic mass is 9.81. The van der Waals surface area contributed by atoms with Crippen molar-refractivity contribution in [2.24, 2.45) is 5.41 Å². The molecule has 0 aliphatic rings. The van der Waals surface area contributed by atoms with Gasteiger partial charge in [0.1, 0.15) is 0 Å². The van der Waals surface area contributed by atoms with Gasteiger partial charge in [0.05, 0.1) is 14.2 Å². The van der Waals surface area contributed by atoms with Gasteiger partial charge in [0.15, 0.2) is 11.7 Å². The van der Waals surface area contributed by atoms with Crippen LogP contribution < -0.4 is 0 Å². The van der Waals surface area contributed by atoms with Gasteiger partial charge in [-0.1, -0.05) is 36.1 Å². The molecule has 0 spiro atoms. The summed E-state index contributed by atoms with van der Waals surface area (Å²) in [6, 6.07) is 6.78. The fraction of sp³-hybridized carbons (Fsp3) is 0.278. The van der Waals surface area contributed by atoms with E-state index < -0.39 is 17.4 Å². The number of hydrogen-bond acceptors (Lipinski definition) is 5. The number of aldehydes is 1. The van der Waals surface area contributed by atoms with E-state index in [2.05, 4.69) is 18.4 Å². The van der Waals surface area contributed by atoms with Crippen LogP contribution in [0.4, 0.5) is 0 Å². The summed E-state index contributed by atoms with van der Waals surface area (Å²) in [6.45, 7) is 3.56. The Labute approximate surface area is 135 Å². The number of carbonyl (C=O) groups excluding carboxylic acids is 3. The van der Waals surface area contributed by atoms with Crippen molar-refractivity contribution in [2.75, 3.05) is 14.2 Å². The van der Waals surface area contributed by atoms with E-state index in [1.165, 1.54) is 20.3 Å². The summed E-state index contributed by atoms with van der Waals surface area (Å²) >= 11 is 0. The van der Waals surface area contributed by atoms with Crippen LogP contribution in [0.15, 0.2) is 36.9 Å². The highest BCUT2D eigenvalue weighted by atomic mass is 16.5. The van der Waals surface area contributed by atoms with Crippen molar-refractivity contribution < 1.29 is 23.9 Å². The highest BCUT2D eigenvalue weighted by Crippen LogP contribution is 2.30. The van der Waals surface area contributed by atoms with Crippen LogP contribution in [0, 0.1) is 17.3 Å². The van der Waals surface area contributed by atoms with Crippen molar-refractivity contribution in [2.45, 2.75) is 12.8 Å². The molecule has 0 saturated carbocycles. The predicted octanol–water partition coefficient (Wildman–Crippen LogP) is 2.15. The average molecular weight is 314 g/mol. The van der Waals surface area contributed by atoms with E-state index in [4.69, 9.17) is 9.47 Å². The fourth-order valence-electron chi connectivity index (χ4n) is 2.11. The summed E-state index contributed by atoms with van der Waals surface area (Å²) in [7, 11) is 2.39. The van der Waals surface area contributed by atoms with Gasteiger partial charge in [0, 0.05) is 17.5 Å². The van der Waals surface area contributed by atoms with Crippen molar-refractivity contribution in [1.82, 2.24) is 0 Å². The lowest BCUT2D eigenvalue weighted by Gasteiger charge is -2.24. The molecule has 0 aliphatic heterocycles. The molecule has 0 radical (unpaired) electrons. The van der Waals surface area contributed by atoms with Crippen LogP contribution >= 0.6 is 0 Å². The van der Waals surface area contributed by atoms with E-state index in [0.29, 0.717) is 17.4 Å². The van der Waals surface area contributed by atoms with Gasteiger partial charge in [0.2, 0.25) is 0 Å². The quantitative estimate of drug-likeness (QED) is 0.264. The van der Waals surface area contributed by atoms with Gasteiger partial charge < -0.3 is 9.47 Å². The minimum Gasteiger partial charge on any atom is -0.468 e. The number of rotatable bonds is 6. The highest BCUT2D eigenvalue weighted by Gasteiger charge is 2.46. The zero-order valence-electron chi connectivity index (χ0n) is 13.1. The minimum atomic E-state index is -1.56. The zero-order valence-corrected chi connectivity index (χ0v) is 13.1. The van der Waals surface area contributed by atoms with Gasteiger partial charge in [-0.2, -0.15) is 0 Å². The maximum absolute atomic E-state index is 12.1. The summed E-state index contributed by atoms with van der Waals surface area (Å²) in [4.78, 5) is 35.2. The van der Waals surface area contributed by atoms with Gasteiger partial charge in [-0.25, -0.2) is 0 Å². The van der Waals surface area contributed by atoms with Gasteiger partial charge in [-0.15, -0.1) is 6.58 Å². The number of ether oxygens (including phenoxy) is 2. The van der Waals surface area contributed by atoms with Gasteiger partial charge in [-0.05, 0) is 12.5 Å². The van der Waals surface area contributed by atoms with E-state index in [1.54, 1.807) is 24.3 Å². The minimum absolute atomic E-state index is 0.0380. The molecule has 1 rings (SSSR count). The second-order valence-electron chi connectivity index (χ2n) is 4.74. The normalized spacial score (nSPS) is 10.0. The first-order valence-corrected chi connectivity index (χ1v) is 6.86. The fourth-order valence-corrected chi connectivity index (χ4v) is 2.11. The molecule has 1 aromatic carbocycles. The smallest absolute Gasteiger partial charge is 0.324 e. The van der Waals surface area contributed by atoms with Crippen LogP contribution in [0.3, 0.4) is 0 Å². The molecule has 0 saturated heterocycles. The largest absolute Gasteiger partial charge is 0.468 e. The van der Waals surface area contributed by atoms with E-state index in [-0.39, 0.29) is 12.8 Å². The van der Waals surface area contributed by atoms with Gasteiger partial charge in [0.25, 0.3) is 0 Å². The number of carbonyl (C=O) groups is 3. The molecule has 23 heavy (non-hydrogen) atoms. The summed E-state index contributed by atoms with van der Waals surface area (Å²) in [6.07, 6.45) is 2.07. The molecule has 0 aliphatic carbocycles. The zero-order chi connectivity index (χ0) is 17.3. The molecule has 0 fully saturated rings. The first-order chi connectivity index (χ1) is 11.1. The lowest BCUT2D eigenvalue weighted by molar-refractivity contribution is -0.168. The van der Waals surface area contributed by atoms with Crippen molar-refractivity contribution in [3.63, 3.8) is 0 Å². The maximum atomic E-state index is 12.1. The number of esters is 2. The van der Waals surface area contributed by atoms with E-state index in [1.807, 2.05) is 0 Å². The summed E-state index contributed by atoms with van der Waals surface area (Å²) in [5.41, 5.74) is -0.607. The molecule has 0 heterocycles. The van der Waals surface area contributed by atoms with Crippen molar-refractivity contribution >= 4 is 18.2 Å². The molecule has 0 N–H and O–H groups in total.